The molecule has 1 aliphatic rings. The highest BCUT2D eigenvalue weighted by molar-refractivity contribution is 5.86. The number of carbonyl (C=O) groups excluding carboxylic acids is 1. The molecule has 5 heteroatoms. The molecule has 2 aromatic rings. The monoisotopic (exact) mass is 328 g/mol. The molecule has 2 unspecified atom stereocenters. The van der Waals surface area contributed by atoms with Gasteiger partial charge >= 0.3 is 6.03 Å². The van der Waals surface area contributed by atoms with E-state index in [1.807, 2.05) is 42.5 Å². The SMILES string of the molecule is CC1C(F)=C(F)C=CC1NC(=O)NCc1cccc2ccccc12. The largest absolute Gasteiger partial charge is 0.334 e. The van der Waals surface area contributed by atoms with Crippen LogP contribution in [0.5, 0.6) is 0 Å². The summed E-state index contributed by atoms with van der Waals surface area (Å²) >= 11 is 0. The minimum Gasteiger partial charge on any atom is -0.334 e. The minimum absolute atomic E-state index is 0.352. The Balaban J connectivity index is 1.63. The first kappa shape index (κ1) is 16.2. The van der Waals surface area contributed by atoms with Crippen molar-refractivity contribution in [3.63, 3.8) is 0 Å². The lowest BCUT2D eigenvalue weighted by Crippen LogP contribution is -2.44. The van der Waals surface area contributed by atoms with Gasteiger partial charge in [-0.2, -0.15) is 0 Å². The van der Waals surface area contributed by atoms with Gasteiger partial charge in [-0.25, -0.2) is 13.6 Å². The normalized spacial score (nSPS) is 20.3. The summed E-state index contributed by atoms with van der Waals surface area (Å²) in [6.45, 7) is 1.89. The highest BCUT2D eigenvalue weighted by Crippen LogP contribution is 2.27. The van der Waals surface area contributed by atoms with Crippen molar-refractivity contribution in [2.75, 3.05) is 0 Å². The van der Waals surface area contributed by atoms with Crippen molar-refractivity contribution >= 4 is 16.8 Å². The number of nitrogens with one attached hydrogen (secondary N) is 2. The molecule has 0 aliphatic heterocycles. The molecule has 0 aromatic heterocycles. The summed E-state index contributed by atoms with van der Waals surface area (Å²) in [6.07, 6.45) is 2.51. The highest BCUT2D eigenvalue weighted by Gasteiger charge is 2.26. The number of carbonyl (C=O) groups is 1. The van der Waals surface area contributed by atoms with Gasteiger partial charge in [0, 0.05) is 12.5 Å². The molecule has 0 bridgehead atoms. The van der Waals surface area contributed by atoms with Gasteiger partial charge in [-0.15, -0.1) is 0 Å². The molecule has 0 fully saturated rings. The Morgan fingerprint density at radius 2 is 1.88 bits per heavy atom. The Morgan fingerprint density at radius 1 is 1.12 bits per heavy atom. The molecule has 124 valence electrons. The summed E-state index contributed by atoms with van der Waals surface area (Å²) in [5.74, 6) is -2.44. The summed E-state index contributed by atoms with van der Waals surface area (Å²) in [5.41, 5.74) is 0.993. The predicted octanol–water partition coefficient (Wildman–Crippen LogP) is 4.36. The van der Waals surface area contributed by atoms with E-state index in [4.69, 9.17) is 0 Å². The Labute approximate surface area is 139 Å². The lowest BCUT2D eigenvalue weighted by atomic mass is 9.95. The molecular formula is C19H18F2N2O. The van der Waals surface area contributed by atoms with Crippen LogP contribution in [0.25, 0.3) is 10.8 Å². The van der Waals surface area contributed by atoms with Crippen molar-refractivity contribution < 1.29 is 13.6 Å². The van der Waals surface area contributed by atoms with E-state index >= 15 is 0 Å². The first-order valence-electron chi connectivity index (χ1n) is 7.80. The number of hydrogen-bond donors (Lipinski definition) is 2. The first-order valence-corrected chi connectivity index (χ1v) is 7.80. The maximum atomic E-state index is 13.6. The lowest BCUT2D eigenvalue weighted by molar-refractivity contribution is 0.234. The van der Waals surface area contributed by atoms with Gasteiger partial charge in [0.15, 0.2) is 5.83 Å². The molecular weight excluding hydrogens is 310 g/mol. The van der Waals surface area contributed by atoms with Crippen molar-refractivity contribution in [1.29, 1.82) is 0 Å². The van der Waals surface area contributed by atoms with Crippen LogP contribution in [-0.4, -0.2) is 12.1 Å². The lowest BCUT2D eigenvalue weighted by Gasteiger charge is -2.24. The van der Waals surface area contributed by atoms with Crippen LogP contribution in [0.4, 0.5) is 13.6 Å². The molecule has 2 atom stereocenters. The molecule has 0 spiro atoms. The van der Waals surface area contributed by atoms with Crippen LogP contribution in [0.3, 0.4) is 0 Å². The zero-order valence-electron chi connectivity index (χ0n) is 13.2. The number of urea groups is 1. The van der Waals surface area contributed by atoms with Crippen molar-refractivity contribution in [3.05, 3.63) is 71.8 Å². The molecule has 0 saturated carbocycles. The Morgan fingerprint density at radius 3 is 2.71 bits per heavy atom. The number of rotatable bonds is 3. The van der Waals surface area contributed by atoms with Gasteiger partial charge in [0.2, 0.25) is 0 Å². The molecule has 0 heterocycles. The zero-order valence-corrected chi connectivity index (χ0v) is 13.2. The molecule has 0 saturated heterocycles. The molecule has 0 radical (unpaired) electrons. The average Bonchev–Trinajstić information content (AvgIpc) is 2.60. The summed E-state index contributed by atoms with van der Waals surface area (Å²) in [4.78, 5) is 12.1. The van der Waals surface area contributed by atoms with Crippen LogP contribution in [-0.2, 0) is 6.54 Å². The molecule has 3 nitrogen and oxygen atoms in total. The number of amides is 2. The fourth-order valence-corrected chi connectivity index (χ4v) is 2.81. The second kappa shape index (κ2) is 6.83. The van der Waals surface area contributed by atoms with E-state index in [1.165, 1.54) is 13.0 Å². The van der Waals surface area contributed by atoms with Gasteiger partial charge in [-0.1, -0.05) is 55.5 Å². The quantitative estimate of drug-likeness (QED) is 0.863. The third kappa shape index (κ3) is 3.30. The highest BCUT2D eigenvalue weighted by atomic mass is 19.2. The summed E-state index contributed by atoms with van der Waals surface area (Å²) in [5, 5.41) is 7.60. The second-order valence-electron chi connectivity index (χ2n) is 5.83. The van der Waals surface area contributed by atoms with Gasteiger partial charge in [-0.3, -0.25) is 0 Å². The average molecular weight is 328 g/mol. The fourth-order valence-electron chi connectivity index (χ4n) is 2.81. The standard InChI is InChI=1S/C19H18F2N2O/c1-12-17(10-9-16(20)18(12)21)23-19(24)22-11-14-7-4-6-13-5-2-3-8-15(13)14/h2-10,12,17H,11H2,1H3,(H2,22,23,24). The van der Waals surface area contributed by atoms with Gasteiger partial charge < -0.3 is 10.6 Å². The minimum atomic E-state index is -0.878. The number of benzene rings is 2. The smallest absolute Gasteiger partial charge is 0.315 e. The summed E-state index contributed by atoms with van der Waals surface area (Å²) in [6, 6.07) is 12.8. The number of fused-ring (bicyclic) bond motifs is 1. The molecule has 2 N–H and O–H groups in total. The number of halogens is 2. The molecule has 1 aliphatic carbocycles. The van der Waals surface area contributed by atoms with Crippen LogP contribution >= 0.6 is 0 Å². The third-order valence-corrected chi connectivity index (χ3v) is 4.23. The van der Waals surface area contributed by atoms with E-state index in [2.05, 4.69) is 10.6 Å². The van der Waals surface area contributed by atoms with Crippen LogP contribution in [0.2, 0.25) is 0 Å². The summed E-state index contributed by atoms with van der Waals surface area (Å²) < 4.78 is 26.7. The van der Waals surface area contributed by atoms with E-state index < -0.39 is 29.6 Å². The van der Waals surface area contributed by atoms with E-state index in [0.717, 1.165) is 22.4 Å². The van der Waals surface area contributed by atoms with Crippen molar-refractivity contribution in [2.45, 2.75) is 19.5 Å². The van der Waals surface area contributed by atoms with Gasteiger partial charge in [0.25, 0.3) is 0 Å². The second-order valence-corrected chi connectivity index (χ2v) is 5.83. The Bertz CT molecular complexity index is 824. The maximum absolute atomic E-state index is 13.6. The Kier molecular flexibility index (Phi) is 4.60. The zero-order chi connectivity index (χ0) is 17.1. The molecule has 24 heavy (non-hydrogen) atoms. The predicted molar refractivity (Wildman–Crippen MR) is 90.7 cm³/mol. The van der Waals surface area contributed by atoms with Crippen LogP contribution in [0, 0.1) is 5.92 Å². The molecule has 2 aromatic carbocycles. The van der Waals surface area contributed by atoms with Crippen LogP contribution in [0.1, 0.15) is 12.5 Å². The third-order valence-electron chi connectivity index (χ3n) is 4.23. The number of allylic oxidation sites excluding steroid dienone is 2. The van der Waals surface area contributed by atoms with Gasteiger partial charge in [-0.05, 0) is 22.4 Å². The van der Waals surface area contributed by atoms with Gasteiger partial charge in [0.05, 0.1) is 6.04 Å². The fraction of sp³-hybridized carbons (Fsp3) is 0.211. The van der Waals surface area contributed by atoms with Crippen LogP contribution < -0.4 is 10.6 Å². The Hall–Kier alpha value is -2.69. The first-order chi connectivity index (χ1) is 11.6. The number of hydrogen-bond acceptors (Lipinski definition) is 1. The van der Waals surface area contributed by atoms with Gasteiger partial charge in [0.1, 0.15) is 5.83 Å². The summed E-state index contributed by atoms with van der Waals surface area (Å²) in [7, 11) is 0. The van der Waals surface area contributed by atoms with E-state index in [0.29, 0.717) is 6.54 Å². The van der Waals surface area contributed by atoms with E-state index in [1.54, 1.807) is 0 Å². The molecule has 2 amide bonds. The van der Waals surface area contributed by atoms with E-state index in [9.17, 15) is 13.6 Å². The van der Waals surface area contributed by atoms with Crippen LogP contribution in [0.15, 0.2) is 66.3 Å². The topological polar surface area (TPSA) is 41.1 Å². The maximum Gasteiger partial charge on any atom is 0.315 e. The van der Waals surface area contributed by atoms with E-state index in [-0.39, 0.29) is 0 Å². The van der Waals surface area contributed by atoms with Crippen molar-refractivity contribution in [2.24, 2.45) is 5.92 Å². The van der Waals surface area contributed by atoms with Crippen molar-refractivity contribution in [3.8, 4) is 0 Å². The molecule has 3 rings (SSSR count). The van der Waals surface area contributed by atoms with Crippen molar-refractivity contribution in [1.82, 2.24) is 10.6 Å².